The van der Waals surface area contributed by atoms with Crippen LogP contribution in [0.3, 0.4) is 0 Å². The Kier molecular flexibility index (Phi) is 7.49. The molecule has 1 aliphatic rings. The number of carbonyl (C=O) groups excluding carboxylic acids is 2. The summed E-state index contributed by atoms with van der Waals surface area (Å²) in [4.78, 5) is 30.0. The molecule has 0 atom stereocenters. The molecule has 8 nitrogen and oxygen atoms in total. The molecule has 168 valence electrons. The summed E-state index contributed by atoms with van der Waals surface area (Å²) in [5.74, 6) is 0.502. The number of rotatable bonds is 7. The van der Waals surface area contributed by atoms with Gasteiger partial charge in [-0.1, -0.05) is 24.3 Å². The molecular formula is C24H27N3O5. The summed E-state index contributed by atoms with van der Waals surface area (Å²) in [6.45, 7) is 3.68. The summed E-state index contributed by atoms with van der Waals surface area (Å²) in [6.07, 6.45) is 0.582. The lowest BCUT2D eigenvalue weighted by molar-refractivity contribution is -0.137. The van der Waals surface area contributed by atoms with Crippen molar-refractivity contribution in [2.45, 2.75) is 26.7 Å². The van der Waals surface area contributed by atoms with Crippen molar-refractivity contribution in [3.8, 4) is 11.5 Å². The molecule has 32 heavy (non-hydrogen) atoms. The maximum absolute atomic E-state index is 12.8. The lowest BCUT2D eigenvalue weighted by atomic mass is 10.1. The fraction of sp³-hybridized carbons (Fsp3) is 0.292. The molecule has 0 aliphatic carbocycles. The molecule has 0 radical (unpaired) electrons. The van der Waals surface area contributed by atoms with Gasteiger partial charge in [0.05, 0.1) is 32.2 Å². The Bertz CT molecular complexity index is 1080. The highest BCUT2D eigenvalue weighted by molar-refractivity contribution is 6.24. The van der Waals surface area contributed by atoms with Gasteiger partial charge in [0.1, 0.15) is 11.4 Å². The molecule has 0 fully saturated rings. The van der Waals surface area contributed by atoms with Crippen LogP contribution in [0, 0.1) is 0 Å². The highest BCUT2D eigenvalue weighted by atomic mass is 16.5. The molecule has 2 N–H and O–H groups in total. The maximum atomic E-state index is 12.8. The van der Waals surface area contributed by atoms with E-state index in [1.165, 1.54) is 0 Å². The van der Waals surface area contributed by atoms with Crippen LogP contribution in [0.2, 0.25) is 0 Å². The van der Waals surface area contributed by atoms with Crippen LogP contribution in [-0.2, 0) is 20.7 Å². The molecule has 0 aromatic heterocycles. The van der Waals surface area contributed by atoms with Crippen molar-refractivity contribution >= 4 is 29.1 Å². The predicted octanol–water partition coefficient (Wildman–Crippen LogP) is 3.75. The smallest absolute Gasteiger partial charge is 0.343 e. The number of esters is 1. The first-order valence-corrected chi connectivity index (χ1v) is 10.3. The van der Waals surface area contributed by atoms with Crippen molar-refractivity contribution in [2.24, 2.45) is 4.99 Å². The molecule has 2 aromatic carbocycles. The van der Waals surface area contributed by atoms with Gasteiger partial charge in [-0.05, 0) is 44.0 Å². The second-order valence-corrected chi connectivity index (χ2v) is 7.02. The Labute approximate surface area is 187 Å². The number of nitrogens with one attached hydrogen (secondary N) is 2. The van der Waals surface area contributed by atoms with Crippen molar-refractivity contribution in [3.63, 3.8) is 0 Å². The average molecular weight is 437 g/mol. The zero-order valence-corrected chi connectivity index (χ0v) is 18.7. The van der Waals surface area contributed by atoms with Crippen LogP contribution >= 0.6 is 0 Å². The number of anilines is 1. The van der Waals surface area contributed by atoms with Gasteiger partial charge in [0.15, 0.2) is 11.5 Å². The van der Waals surface area contributed by atoms with Crippen molar-refractivity contribution in [2.75, 3.05) is 26.1 Å². The van der Waals surface area contributed by atoms with Crippen LogP contribution in [0.15, 0.2) is 58.7 Å². The molecule has 0 bridgehead atoms. The third-order valence-electron chi connectivity index (χ3n) is 4.91. The van der Waals surface area contributed by atoms with E-state index in [0.717, 1.165) is 11.3 Å². The minimum Gasteiger partial charge on any atom is -0.493 e. The van der Waals surface area contributed by atoms with E-state index in [9.17, 15) is 9.59 Å². The Morgan fingerprint density at radius 2 is 1.84 bits per heavy atom. The van der Waals surface area contributed by atoms with Gasteiger partial charge < -0.3 is 24.8 Å². The number of carbonyl (C=O) groups is 2. The normalized spacial score (nSPS) is 12.7. The number of amides is 1. The molecule has 2 aromatic rings. The van der Waals surface area contributed by atoms with Crippen LogP contribution in [0.4, 0.5) is 11.4 Å². The van der Waals surface area contributed by atoms with Crippen LogP contribution in [0.5, 0.6) is 11.5 Å². The van der Waals surface area contributed by atoms with E-state index in [-0.39, 0.29) is 30.3 Å². The van der Waals surface area contributed by atoms with E-state index in [2.05, 4.69) is 15.6 Å². The molecule has 0 saturated heterocycles. The fourth-order valence-corrected chi connectivity index (χ4v) is 3.43. The number of ether oxygens (including phenoxy) is 3. The first-order chi connectivity index (χ1) is 15.5. The molecule has 0 saturated carbocycles. The zero-order valence-electron chi connectivity index (χ0n) is 18.7. The number of allylic oxidation sites excluding steroid dienone is 1. The summed E-state index contributed by atoms with van der Waals surface area (Å²) in [6, 6.07) is 12.9. The number of aryl methyl sites for hydroxylation is 1. The monoisotopic (exact) mass is 437 g/mol. The van der Waals surface area contributed by atoms with E-state index < -0.39 is 5.97 Å². The lowest BCUT2D eigenvalue weighted by Crippen LogP contribution is -2.35. The number of benzene rings is 2. The standard InChI is InChI=1S/C24H27N3O5/c1-5-32-24(29)21-15(2)25-17-10-6-7-11-18(17)26-23(21)27-20(28)14-13-16-9-8-12-19(30-3)22(16)31-4/h6-12,25H,5,13-14H2,1-4H3,(H,26,27,28). The summed E-state index contributed by atoms with van der Waals surface area (Å²) >= 11 is 0. The Morgan fingerprint density at radius 3 is 2.56 bits per heavy atom. The molecule has 1 amide bonds. The third-order valence-corrected chi connectivity index (χ3v) is 4.91. The number of fused-ring (bicyclic) bond motifs is 1. The third kappa shape index (κ3) is 5.08. The van der Waals surface area contributed by atoms with Gasteiger partial charge in [-0.3, -0.25) is 4.79 Å². The summed E-state index contributed by atoms with van der Waals surface area (Å²) in [7, 11) is 3.13. The van der Waals surface area contributed by atoms with Gasteiger partial charge in [0, 0.05) is 12.1 Å². The first kappa shape index (κ1) is 22.9. The van der Waals surface area contributed by atoms with Gasteiger partial charge in [-0.2, -0.15) is 0 Å². The quantitative estimate of drug-likeness (QED) is 0.641. The van der Waals surface area contributed by atoms with E-state index in [1.54, 1.807) is 40.2 Å². The fourth-order valence-electron chi connectivity index (χ4n) is 3.43. The molecule has 1 aliphatic heterocycles. The Morgan fingerprint density at radius 1 is 1.06 bits per heavy atom. The number of hydrogen-bond donors (Lipinski definition) is 2. The van der Waals surface area contributed by atoms with Crippen LogP contribution in [0.1, 0.15) is 25.8 Å². The van der Waals surface area contributed by atoms with E-state index in [0.29, 0.717) is 29.3 Å². The SMILES string of the molecule is CCOC(=O)C1=C(C)Nc2ccccc2N=C1NC(=O)CCc1cccc(OC)c1OC. The zero-order chi connectivity index (χ0) is 23.1. The predicted molar refractivity (Wildman–Crippen MR) is 123 cm³/mol. The Balaban J connectivity index is 1.84. The second-order valence-electron chi connectivity index (χ2n) is 7.02. The van der Waals surface area contributed by atoms with E-state index in [4.69, 9.17) is 14.2 Å². The van der Waals surface area contributed by atoms with Gasteiger partial charge in [-0.15, -0.1) is 0 Å². The van der Waals surface area contributed by atoms with Crippen molar-refractivity contribution in [1.82, 2.24) is 5.32 Å². The molecule has 0 spiro atoms. The summed E-state index contributed by atoms with van der Waals surface area (Å²) in [5.41, 5.74) is 2.92. The minimum atomic E-state index is -0.557. The second kappa shape index (κ2) is 10.5. The molecule has 1 heterocycles. The average Bonchev–Trinajstić information content (AvgIpc) is 2.92. The molecule has 3 rings (SSSR count). The van der Waals surface area contributed by atoms with Gasteiger partial charge in [-0.25, -0.2) is 9.79 Å². The molecule has 8 heteroatoms. The maximum Gasteiger partial charge on any atom is 0.343 e. The van der Waals surface area contributed by atoms with Gasteiger partial charge in [0.25, 0.3) is 0 Å². The molecule has 0 unspecified atom stereocenters. The largest absolute Gasteiger partial charge is 0.493 e. The number of aliphatic imine (C=N–C) groups is 1. The highest BCUT2D eigenvalue weighted by Crippen LogP contribution is 2.32. The summed E-state index contributed by atoms with van der Waals surface area (Å²) < 4.78 is 16.0. The minimum absolute atomic E-state index is 0.154. The van der Waals surface area contributed by atoms with E-state index >= 15 is 0 Å². The van der Waals surface area contributed by atoms with Crippen molar-refractivity contribution in [3.05, 3.63) is 59.3 Å². The number of hydrogen-bond acceptors (Lipinski definition) is 7. The first-order valence-electron chi connectivity index (χ1n) is 10.3. The van der Waals surface area contributed by atoms with Crippen molar-refractivity contribution in [1.29, 1.82) is 0 Å². The number of nitrogens with zero attached hydrogens (tertiary/aromatic N) is 1. The lowest BCUT2D eigenvalue weighted by Gasteiger charge is -2.14. The highest BCUT2D eigenvalue weighted by Gasteiger charge is 2.26. The number of amidine groups is 1. The number of methoxy groups -OCH3 is 2. The number of para-hydroxylation sites is 3. The van der Waals surface area contributed by atoms with E-state index in [1.807, 2.05) is 30.3 Å². The van der Waals surface area contributed by atoms with Crippen LogP contribution < -0.4 is 20.1 Å². The topological polar surface area (TPSA) is 98.2 Å². The Hall–Kier alpha value is -3.81. The van der Waals surface area contributed by atoms with Gasteiger partial charge >= 0.3 is 5.97 Å². The van der Waals surface area contributed by atoms with Gasteiger partial charge in [0.2, 0.25) is 5.91 Å². The molecular weight excluding hydrogens is 410 g/mol. The van der Waals surface area contributed by atoms with Crippen LogP contribution in [0.25, 0.3) is 0 Å². The van der Waals surface area contributed by atoms with Crippen LogP contribution in [-0.4, -0.2) is 38.5 Å². The summed E-state index contributed by atoms with van der Waals surface area (Å²) in [5, 5.41) is 5.98. The van der Waals surface area contributed by atoms with Crippen molar-refractivity contribution < 1.29 is 23.8 Å².